The Morgan fingerprint density at radius 2 is 2.33 bits per heavy atom. The van der Waals surface area contributed by atoms with Crippen molar-refractivity contribution in [2.75, 3.05) is 6.61 Å². The molecule has 0 bridgehead atoms. The molecule has 1 aromatic heterocycles. The van der Waals surface area contributed by atoms with E-state index in [0.717, 1.165) is 18.3 Å². The van der Waals surface area contributed by atoms with Crippen molar-refractivity contribution in [3.05, 3.63) is 23.5 Å². The molecule has 0 atom stereocenters. The summed E-state index contributed by atoms with van der Waals surface area (Å²) in [6, 6.07) is 3.58. The van der Waals surface area contributed by atoms with Crippen LogP contribution in [-0.4, -0.2) is 11.6 Å². The fourth-order valence-corrected chi connectivity index (χ4v) is 1.06. The van der Waals surface area contributed by atoms with E-state index in [1.54, 1.807) is 12.3 Å². The maximum atomic E-state index is 5.62. The number of hydrogen-bond acceptors (Lipinski definition) is 2. The fourth-order valence-electron chi connectivity index (χ4n) is 0.946. The first-order valence-electron chi connectivity index (χ1n) is 4.09. The average molecular weight is 184 g/mol. The highest BCUT2D eigenvalue weighted by Crippen LogP contribution is 2.29. The molecule has 1 heterocycles. The van der Waals surface area contributed by atoms with Crippen molar-refractivity contribution in [3.8, 4) is 5.75 Å². The van der Waals surface area contributed by atoms with Gasteiger partial charge in [0, 0.05) is 0 Å². The summed E-state index contributed by atoms with van der Waals surface area (Å²) in [7, 11) is 0. The lowest BCUT2D eigenvalue weighted by Gasteiger charge is -2.03. The molecule has 1 aromatic rings. The van der Waals surface area contributed by atoms with Crippen molar-refractivity contribution in [2.45, 2.75) is 12.8 Å². The Hall–Kier alpha value is -0.760. The van der Waals surface area contributed by atoms with E-state index >= 15 is 0 Å². The van der Waals surface area contributed by atoms with Gasteiger partial charge in [0.25, 0.3) is 0 Å². The van der Waals surface area contributed by atoms with Crippen LogP contribution in [0.15, 0.2) is 18.3 Å². The smallest absolute Gasteiger partial charge is 0.137 e. The second-order valence-corrected chi connectivity index (χ2v) is 3.46. The summed E-state index contributed by atoms with van der Waals surface area (Å²) in [5, 5.41) is 0.508. The second-order valence-electron chi connectivity index (χ2n) is 3.07. The first kappa shape index (κ1) is 7.87. The van der Waals surface area contributed by atoms with Crippen LogP contribution in [0.25, 0.3) is 0 Å². The van der Waals surface area contributed by atoms with E-state index in [0.29, 0.717) is 5.15 Å². The molecule has 2 nitrogen and oxygen atoms in total. The minimum atomic E-state index is 0.508. The fraction of sp³-hybridized carbons (Fsp3) is 0.444. The summed E-state index contributed by atoms with van der Waals surface area (Å²) in [5.74, 6) is 1.59. The third kappa shape index (κ3) is 2.11. The monoisotopic (exact) mass is 183 g/mol. The summed E-state index contributed by atoms with van der Waals surface area (Å²) in [6.07, 6.45) is 4.27. The van der Waals surface area contributed by atoms with Crippen LogP contribution in [0.5, 0.6) is 5.75 Å². The van der Waals surface area contributed by atoms with Gasteiger partial charge in [0.05, 0.1) is 12.8 Å². The van der Waals surface area contributed by atoms with E-state index in [1.807, 2.05) is 6.07 Å². The number of aromatic nitrogens is 1. The molecule has 0 radical (unpaired) electrons. The number of pyridine rings is 1. The minimum Gasteiger partial charge on any atom is -0.492 e. The lowest BCUT2D eigenvalue weighted by molar-refractivity contribution is 0.298. The Kier molecular flexibility index (Phi) is 2.17. The van der Waals surface area contributed by atoms with Crippen LogP contribution in [-0.2, 0) is 0 Å². The number of hydrogen-bond donors (Lipinski definition) is 0. The van der Waals surface area contributed by atoms with E-state index in [4.69, 9.17) is 16.3 Å². The van der Waals surface area contributed by atoms with Crippen LogP contribution in [0.2, 0.25) is 5.15 Å². The van der Waals surface area contributed by atoms with Crippen molar-refractivity contribution in [3.63, 3.8) is 0 Å². The average Bonchev–Trinajstić information content (AvgIpc) is 2.87. The van der Waals surface area contributed by atoms with Gasteiger partial charge in [-0.25, -0.2) is 4.98 Å². The first-order valence-corrected chi connectivity index (χ1v) is 4.47. The van der Waals surface area contributed by atoms with Crippen LogP contribution in [0, 0.1) is 5.92 Å². The predicted octanol–water partition coefficient (Wildman–Crippen LogP) is 2.52. The molecule has 1 saturated carbocycles. The Morgan fingerprint density at radius 1 is 1.50 bits per heavy atom. The van der Waals surface area contributed by atoms with Crippen molar-refractivity contribution in [1.29, 1.82) is 0 Å². The molecule has 0 N–H and O–H groups in total. The number of halogens is 1. The second kappa shape index (κ2) is 3.31. The van der Waals surface area contributed by atoms with Crippen LogP contribution in [0.3, 0.4) is 0 Å². The summed E-state index contributed by atoms with van der Waals surface area (Å²) in [4.78, 5) is 3.92. The molecule has 2 rings (SSSR count). The molecule has 0 spiro atoms. The van der Waals surface area contributed by atoms with Crippen LogP contribution >= 0.6 is 11.6 Å². The standard InChI is InChI=1S/C9H10ClNO/c10-9-4-3-8(5-11-9)12-6-7-1-2-7/h3-5,7H,1-2,6H2. The lowest BCUT2D eigenvalue weighted by Crippen LogP contribution is -1.98. The van der Waals surface area contributed by atoms with E-state index in [-0.39, 0.29) is 0 Å². The van der Waals surface area contributed by atoms with Gasteiger partial charge in [0.2, 0.25) is 0 Å². The Balaban J connectivity index is 1.89. The molecular formula is C9H10ClNO. The van der Waals surface area contributed by atoms with Gasteiger partial charge >= 0.3 is 0 Å². The zero-order chi connectivity index (χ0) is 8.39. The third-order valence-electron chi connectivity index (χ3n) is 1.88. The molecule has 1 aliphatic rings. The van der Waals surface area contributed by atoms with Gasteiger partial charge in [-0.05, 0) is 30.9 Å². The maximum Gasteiger partial charge on any atom is 0.137 e. The quantitative estimate of drug-likeness (QED) is 0.672. The van der Waals surface area contributed by atoms with Gasteiger partial charge in [-0.3, -0.25) is 0 Å². The predicted molar refractivity (Wildman–Crippen MR) is 47.5 cm³/mol. The summed E-state index contributed by atoms with van der Waals surface area (Å²) in [6.45, 7) is 0.823. The molecule has 12 heavy (non-hydrogen) atoms. The normalized spacial score (nSPS) is 16.1. The topological polar surface area (TPSA) is 22.1 Å². The molecule has 0 unspecified atom stereocenters. The van der Waals surface area contributed by atoms with Crippen molar-refractivity contribution < 1.29 is 4.74 Å². The van der Waals surface area contributed by atoms with Gasteiger partial charge in [0.1, 0.15) is 10.9 Å². The van der Waals surface area contributed by atoms with Gasteiger partial charge in [-0.15, -0.1) is 0 Å². The number of rotatable bonds is 3. The van der Waals surface area contributed by atoms with E-state index in [2.05, 4.69) is 4.98 Å². The Bertz CT molecular complexity index is 256. The highest BCUT2D eigenvalue weighted by molar-refractivity contribution is 6.29. The van der Waals surface area contributed by atoms with Crippen molar-refractivity contribution in [1.82, 2.24) is 4.98 Å². The third-order valence-corrected chi connectivity index (χ3v) is 2.11. The van der Waals surface area contributed by atoms with Crippen molar-refractivity contribution in [2.24, 2.45) is 5.92 Å². The molecule has 0 aromatic carbocycles. The molecule has 0 saturated heterocycles. The van der Waals surface area contributed by atoms with Crippen LogP contribution < -0.4 is 4.74 Å². The summed E-state index contributed by atoms with van der Waals surface area (Å²) in [5.41, 5.74) is 0. The first-order chi connectivity index (χ1) is 5.84. The summed E-state index contributed by atoms with van der Waals surface area (Å²) >= 11 is 5.62. The minimum absolute atomic E-state index is 0.508. The molecule has 0 aliphatic heterocycles. The zero-order valence-electron chi connectivity index (χ0n) is 6.66. The molecule has 1 fully saturated rings. The highest BCUT2D eigenvalue weighted by Gasteiger charge is 2.21. The van der Waals surface area contributed by atoms with E-state index in [1.165, 1.54) is 12.8 Å². The highest BCUT2D eigenvalue weighted by atomic mass is 35.5. The number of ether oxygens (including phenoxy) is 1. The van der Waals surface area contributed by atoms with E-state index < -0.39 is 0 Å². The van der Waals surface area contributed by atoms with Crippen molar-refractivity contribution >= 4 is 11.6 Å². The van der Waals surface area contributed by atoms with E-state index in [9.17, 15) is 0 Å². The summed E-state index contributed by atoms with van der Waals surface area (Å²) < 4.78 is 5.46. The van der Waals surface area contributed by atoms with Gasteiger partial charge in [0.15, 0.2) is 0 Å². The Morgan fingerprint density at radius 3 is 2.92 bits per heavy atom. The largest absolute Gasteiger partial charge is 0.492 e. The maximum absolute atomic E-state index is 5.62. The van der Waals surface area contributed by atoms with Crippen LogP contribution in [0.4, 0.5) is 0 Å². The Labute approximate surface area is 76.5 Å². The zero-order valence-corrected chi connectivity index (χ0v) is 7.42. The molecule has 64 valence electrons. The van der Waals surface area contributed by atoms with Gasteiger partial charge < -0.3 is 4.74 Å². The molecular weight excluding hydrogens is 174 g/mol. The van der Waals surface area contributed by atoms with Gasteiger partial charge in [-0.1, -0.05) is 11.6 Å². The van der Waals surface area contributed by atoms with Crippen LogP contribution in [0.1, 0.15) is 12.8 Å². The lowest BCUT2D eigenvalue weighted by atomic mass is 10.4. The molecule has 0 amide bonds. The molecule has 3 heteroatoms. The SMILES string of the molecule is Clc1ccc(OCC2CC2)cn1. The van der Waals surface area contributed by atoms with Gasteiger partial charge in [-0.2, -0.15) is 0 Å². The number of nitrogens with zero attached hydrogens (tertiary/aromatic N) is 1. The molecule has 1 aliphatic carbocycles.